The van der Waals surface area contributed by atoms with Crippen LogP contribution in [0.1, 0.15) is 16.1 Å². The van der Waals surface area contributed by atoms with Crippen LogP contribution < -0.4 is 10.9 Å². The minimum Gasteiger partial charge on any atom is -0.352 e. The maximum Gasteiger partial charge on any atom is 0.261 e. The molecule has 0 saturated heterocycles. The van der Waals surface area contributed by atoms with Crippen molar-refractivity contribution in [2.75, 3.05) is 6.54 Å². The Bertz CT molecular complexity index is 1250. The van der Waals surface area contributed by atoms with Crippen molar-refractivity contribution in [1.29, 1.82) is 0 Å². The van der Waals surface area contributed by atoms with Crippen molar-refractivity contribution in [1.82, 2.24) is 24.3 Å². The summed E-state index contributed by atoms with van der Waals surface area (Å²) in [5.74, 6) is -0.208. The zero-order chi connectivity index (χ0) is 19.0. The van der Waals surface area contributed by atoms with Gasteiger partial charge in [-0.2, -0.15) is 0 Å². The number of imidazole rings is 1. The number of benzene rings is 1. The van der Waals surface area contributed by atoms with E-state index >= 15 is 0 Å². The second kappa shape index (κ2) is 6.81. The second-order valence-corrected chi connectivity index (χ2v) is 6.65. The summed E-state index contributed by atoms with van der Waals surface area (Å²) in [6.45, 7) is 0.466. The van der Waals surface area contributed by atoms with Gasteiger partial charge in [-0.1, -0.05) is 6.07 Å². The Balaban J connectivity index is 1.48. The summed E-state index contributed by atoms with van der Waals surface area (Å²) >= 11 is 5.13. The van der Waals surface area contributed by atoms with Gasteiger partial charge < -0.3 is 14.7 Å². The molecule has 3 heterocycles. The lowest BCUT2D eigenvalue weighted by molar-refractivity contribution is 0.0954. The minimum atomic E-state index is -0.208. The Labute approximate surface area is 159 Å². The molecule has 0 atom stereocenters. The number of carbonyl (C=O) groups excluding carboxylic acids is 1. The van der Waals surface area contributed by atoms with E-state index in [1.165, 1.54) is 4.57 Å². The van der Waals surface area contributed by atoms with Gasteiger partial charge in [0.25, 0.3) is 11.5 Å². The minimum absolute atomic E-state index is 0.187. The predicted octanol–water partition coefficient (Wildman–Crippen LogP) is 2.22. The van der Waals surface area contributed by atoms with Crippen LogP contribution in [0.3, 0.4) is 0 Å². The van der Waals surface area contributed by atoms with Gasteiger partial charge in [0, 0.05) is 38.0 Å². The number of H-pyrrole nitrogens is 1. The highest BCUT2D eigenvalue weighted by Crippen LogP contribution is 2.11. The van der Waals surface area contributed by atoms with E-state index in [0.717, 1.165) is 11.3 Å². The summed E-state index contributed by atoms with van der Waals surface area (Å²) in [7, 11) is 1.61. The quantitative estimate of drug-likeness (QED) is 0.533. The fourth-order valence-electron chi connectivity index (χ4n) is 2.96. The van der Waals surface area contributed by atoms with Gasteiger partial charge in [0.15, 0.2) is 4.77 Å². The first-order valence-electron chi connectivity index (χ1n) is 8.47. The molecular formula is C19H17N5O2S. The highest BCUT2D eigenvalue weighted by atomic mass is 32.1. The Hall–Kier alpha value is -3.26. The molecule has 7 nitrogen and oxygen atoms in total. The van der Waals surface area contributed by atoms with Crippen LogP contribution in [0.4, 0.5) is 0 Å². The summed E-state index contributed by atoms with van der Waals surface area (Å²) in [5.41, 5.74) is 2.62. The number of nitrogens with zero attached hydrogens (tertiary/aromatic N) is 3. The Morgan fingerprint density at radius 3 is 2.96 bits per heavy atom. The number of amides is 1. The smallest absolute Gasteiger partial charge is 0.261 e. The van der Waals surface area contributed by atoms with Crippen molar-refractivity contribution in [3.63, 3.8) is 0 Å². The Kier molecular flexibility index (Phi) is 4.33. The second-order valence-electron chi connectivity index (χ2n) is 6.26. The van der Waals surface area contributed by atoms with Crippen LogP contribution >= 0.6 is 12.2 Å². The molecule has 4 aromatic rings. The number of pyridine rings is 1. The summed E-state index contributed by atoms with van der Waals surface area (Å²) in [6, 6.07) is 10.7. The first-order valence-corrected chi connectivity index (χ1v) is 8.87. The molecule has 0 saturated carbocycles. The maximum absolute atomic E-state index is 12.4. The van der Waals surface area contributed by atoms with Gasteiger partial charge in [-0.15, -0.1) is 0 Å². The highest BCUT2D eigenvalue weighted by Gasteiger charge is 2.09. The number of fused-ring (bicyclic) bond motifs is 2. The molecule has 2 N–H and O–H groups in total. The maximum atomic E-state index is 12.4. The monoisotopic (exact) mass is 379 g/mol. The molecule has 0 spiro atoms. The van der Waals surface area contributed by atoms with Crippen LogP contribution in [0, 0.1) is 4.77 Å². The van der Waals surface area contributed by atoms with E-state index in [2.05, 4.69) is 15.3 Å². The molecule has 0 radical (unpaired) electrons. The predicted molar refractivity (Wildman–Crippen MR) is 106 cm³/mol. The number of aromatic nitrogens is 4. The van der Waals surface area contributed by atoms with Gasteiger partial charge in [-0.05, 0) is 42.5 Å². The van der Waals surface area contributed by atoms with Gasteiger partial charge in [-0.3, -0.25) is 14.2 Å². The third kappa shape index (κ3) is 3.26. The highest BCUT2D eigenvalue weighted by molar-refractivity contribution is 7.71. The van der Waals surface area contributed by atoms with Crippen molar-refractivity contribution in [3.8, 4) is 0 Å². The van der Waals surface area contributed by atoms with E-state index in [1.807, 2.05) is 35.0 Å². The average molecular weight is 379 g/mol. The summed E-state index contributed by atoms with van der Waals surface area (Å²) in [5, 5.41) is 3.38. The fourth-order valence-corrected chi connectivity index (χ4v) is 3.15. The molecular weight excluding hydrogens is 362 g/mol. The van der Waals surface area contributed by atoms with Crippen molar-refractivity contribution in [3.05, 3.63) is 75.2 Å². The van der Waals surface area contributed by atoms with Gasteiger partial charge in [0.05, 0.1) is 16.6 Å². The van der Waals surface area contributed by atoms with Crippen LogP contribution in [0.15, 0.2) is 53.6 Å². The molecule has 8 heteroatoms. The Morgan fingerprint density at radius 1 is 1.30 bits per heavy atom. The molecule has 27 heavy (non-hydrogen) atoms. The van der Waals surface area contributed by atoms with E-state index < -0.39 is 0 Å². The van der Waals surface area contributed by atoms with Gasteiger partial charge in [-0.25, -0.2) is 4.98 Å². The average Bonchev–Trinajstić information content (AvgIpc) is 3.08. The van der Waals surface area contributed by atoms with Crippen LogP contribution in [0.25, 0.3) is 16.6 Å². The molecule has 4 rings (SSSR count). The standard InChI is InChI=1S/C19H17N5O2S/c1-23-18(26)14-6-5-12(10-15(14)22-19(23)27)17(25)20-8-7-13-11-24-9-3-2-4-16(24)21-13/h2-6,9-11H,7-8H2,1H3,(H,20,25)(H,22,27). The lowest BCUT2D eigenvalue weighted by Gasteiger charge is -2.07. The molecule has 136 valence electrons. The normalized spacial score (nSPS) is 11.1. The number of hydrogen-bond acceptors (Lipinski definition) is 4. The zero-order valence-electron chi connectivity index (χ0n) is 14.6. The number of rotatable bonds is 4. The van der Waals surface area contributed by atoms with E-state index in [9.17, 15) is 9.59 Å². The fraction of sp³-hybridized carbons (Fsp3) is 0.158. The van der Waals surface area contributed by atoms with Crippen molar-refractivity contribution < 1.29 is 4.79 Å². The molecule has 1 aromatic carbocycles. The number of carbonyl (C=O) groups is 1. The molecule has 0 fully saturated rings. The van der Waals surface area contributed by atoms with Gasteiger partial charge in [0.2, 0.25) is 0 Å². The van der Waals surface area contributed by atoms with Crippen LogP contribution in [0.5, 0.6) is 0 Å². The van der Waals surface area contributed by atoms with Gasteiger partial charge in [0.1, 0.15) is 5.65 Å². The molecule has 0 aliphatic heterocycles. The zero-order valence-corrected chi connectivity index (χ0v) is 15.4. The molecule has 3 aromatic heterocycles. The third-order valence-corrected chi connectivity index (χ3v) is 4.82. The lowest BCUT2D eigenvalue weighted by atomic mass is 10.1. The first kappa shape index (κ1) is 17.2. The van der Waals surface area contributed by atoms with E-state index in [-0.39, 0.29) is 11.5 Å². The lowest BCUT2D eigenvalue weighted by Crippen LogP contribution is -2.26. The number of nitrogens with one attached hydrogen (secondary N) is 2. The van der Waals surface area contributed by atoms with Gasteiger partial charge >= 0.3 is 0 Å². The largest absolute Gasteiger partial charge is 0.352 e. The summed E-state index contributed by atoms with van der Waals surface area (Å²) < 4.78 is 3.63. The molecule has 0 unspecified atom stereocenters. The summed E-state index contributed by atoms with van der Waals surface area (Å²) in [6.07, 6.45) is 4.52. The first-order chi connectivity index (χ1) is 13.0. The Morgan fingerprint density at radius 2 is 2.15 bits per heavy atom. The molecule has 0 aliphatic rings. The van der Waals surface area contributed by atoms with Crippen molar-refractivity contribution >= 4 is 34.7 Å². The molecule has 0 bridgehead atoms. The summed E-state index contributed by atoms with van der Waals surface area (Å²) in [4.78, 5) is 32.1. The van der Waals surface area contributed by atoms with Crippen LogP contribution in [-0.4, -0.2) is 31.4 Å². The third-order valence-electron chi connectivity index (χ3n) is 4.44. The van der Waals surface area contributed by atoms with Crippen LogP contribution in [0.2, 0.25) is 0 Å². The van der Waals surface area contributed by atoms with Crippen LogP contribution in [-0.2, 0) is 13.5 Å². The van der Waals surface area contributed by atoms with E-state index in [1.54, 1.807) is 25.2 Å². The topological polar surface area (TPSA) is 84.2 Å². The molecule has 1 amide bonds. The van der Waals surface area contributed by atoms with E-state index in [4.69, 9.17) is 12.2 Å². The SMILES string of the molecule is Cn1c(=S)[nH]c2cc(C(=O)NCCc3cn4ccccc4n3)ccc2c1=O. The van der Waals surface area contributed by atoms with Crippen molar-refractivity contribution in [2.24, 2.45) is 7.05 Å². The van der Waals surface area contributed by atoms with Crippen molar-refractivity contribution in [2.45, 2.75) is 6.42 Å². The number of aromatic amines is 1. The van der Waals surface area contributed by atoms with E-state index in [0.29, 0.717) is 34.2 Å². The number of hydrogen-bond donors (Lipinski definition) is 2. The molecule has 0 aliphatic carbocycles.